The van der Waals surface area contributed by atoms with E-state index in [0.29, 0.717) is 0 Å². The summed E-state index contributed by atoms with van der Waals surface area (Å²) in [6.07, 6.45) is -4.76. The Balaban J connectivity index is -0.000000295. The number of carbonyl (C=O) groups is 4. The second-order valence-electron chi connectivity index (χ2n) is 3.44. The average molecular weight is 388 g/mol. The number of rotatable bonds is 7. The summed E-state index contributed by atoms with van der Waals surface area (Å²) in [4.78, 5) is 39.4. The van der Waals surface area contributed by atoms with Crippen molar-refractivity contribution >= 4 is 23.9 Å². The van der Waals surface area contributed by atoms with Gasteiger partial charge in [-0.1, -0.05) is 0 Å². The summed E-state index contributed by atoms with van der Waals surface area (Å²) in [5.74, 6) is -5.73. The van der Waals surface area contributed by atoms with Gasteiger partial charge in [0.1, 0.15) is 6.04 Å². The number of aliphatic hydroxyl groups is 2. The van der Waals surface area contributed by atoms with Crippen molar-refractivity contribution in [3.63, 3.8) is 0 Å². The van der Waals surface area contributed by atoms with Crippen LogP contribution in [-0.2, 0) is 45.4 Å². The molecule has 0 bridgehead atoms. The minimum Gasteiger partial charge on any atom is -0.481 e. The van der Waals surface area contributed by atoms with Crippen LogP contribution >= 0.6 is 0 Å². The third-order valence-corrected chi connectivity index (χ3v) is 1.79. The molecular formula is C9H15NO10Zr. The van der Waals surface area contributed by atoms with Crippen molar-refractivity contribution in [3.05, 3.63) is 0 Å². The van der Waals surface area contributed by atoms with E-state index in [9.17, 15) is 19.2 Å². The maximum absolute atomic E-state index is 9.99. The molecule has 0 saturated carbocycles. The van der Waals surface area contributed by atoms with Gasteiger partial charge in [0.05, 0.1) is 0 Å². The quantitative estimate of drug-likeness (QED) is 0.235. The van der Waals surface area contributed by atoms with E-state index in [2.05, 4.69) is 0 Å². The molecule has 0 aromatic carbocycles. The summed E-state index contributed by atoms with van der Waals surface area (Å²) in [6.45, 7) is 0. The smallest absolute Gasteiger partial charge is 0.335 e. The van der Waals surface area contributed by atoms with Crippen molar-refractivity contribution in [1.29, 1.82) is 0 Å². The first-order chi connectivity index (χ1) is 9.00. The molecule has 120 valence electrons. The van der Waals surface area contributed by atoms with Gasteiger partial charge in [0, 0.05) is 32.6 Å². The number of hydrogen-bond acceptors (Lipinski definition) is 7. The third-order valence-electron chi connectivity index (χ3n) is 1.79. The number of aliphatic hydroxyl groups excluding tert-OH is 2. The number of nitrogens with two attached hydrogens (primary N) is 1. The Morgan fingerprint density at radius 3 is 1.33 bits per heavy atom. The standard InChI is InChI=1S/C5H9NO4.C4H6O6.Zr/c6-3(5(9)10)1-2-4(7)8;5-1(3(7)8)2(6)4(9)10;/h3H,1-2,6H2,(H,7,8)(H,9,10);1-2,5-6H,(H,7,8)(H,9,10);/t3-;;/m0../s1. The molecule has 0 heterocycles. The van der Waals surface area contributed by atoms with Crippen molar-refractivity contribution in [2.45, 2.75) is 31.1 Å². The Labute approximate surface area is 137 Å². The van der Waals surface area contributed by atoms with E-state index >= 15 is 0 Å². The molecule has 0 radical (unpaired) electrons. The van der Waals surface area contributed by atoms with E-state index in [0.717, 1.165) is 0 Å². The molecule has 2 unspecified atom stereocenters. The Morgan fingerprint density at radius 2 is 1.14 bits per heavy atom. The molecule has 21 heavy (non-hydrogen) atoms. The summed E-state index contributed by atoms with van der Waals surface area (Å²) < 4.78 is 0. The van der Waals surface area contributed by atoms with Gasteiger partial charge < -0.3 is 36.4 Å². The second-order valence-corrected chi connectivity index (χ2v) is 3.44. The SMILES string of the molecule is N[C@@H](CCC(=O)O)C(=O)O.O=C(O)C(O)C(O)C(=O)O.[Zr]. The first kappa shape index (κ1) is 24.6. The summed E-state index contributed by atoms with van der Waals surface area (Å²) in [5, 5.41) is 48.8. The minimum atomic E-state index is -2.27. The van der Waals surface area contributed by atoms with Crippen molar-refractivity contribution in [2.24, 2.45) is 5.73 Å². The molecular weight excluding hydrogens is 373 g/mol. The molecule has 12 heteroatoms. The van der Waals surface area contributed by atoms with E-state index in [4.69, 9.17) is 36.4 Å². The Morgan fingerprint density at radius 1 is 0.810 bits per heavy atom. The van der Waals surface area contributed by atoms with Crippen LogP contribution in [0.3, 0.4) is 0 Å². The van der Waals surface area contributed by atoms with Gasteiger partial charge in [0.2, 0.25) is 0 Å². The maximum atomic E-state index is 9.99. The molecule has 0 aliphatic heterocycles. The molecule has 11 nitrogen and oxygen atoms in total. The Kier molecular flexibility index (Phi) is 14.5. The van der Waals surface area contributed by atoms with Crippen molar-refractivity contribution < 1.29 is 76.0 Å². The summed E-state index contributed by atoms with van der Waals surface area (Å²) in [6, 6.07) is -1.06. The molecule has 8 N–H and O–H groups in total. The molecule has 0 spiro atoms. The summed E-state index contributed by atoms with van der Waals surface area (Å²) >= 11 is 0. The van der Waals surface area contributed by atoms with Crippen LogP contribution in [0.25, 0.3) is 0 Å². The first-order valence-corrected chi connectivity index (χ1v) is 5.02. The molecule has 0 saturated heterocycles. The number of hydrogen-bond donors (Lipinski definition) is 7. The largest absolute Gasteiger partial charge is 0.481 e. The van der Waals surface area contributed by atoms with Crippen LogP contribution in [0.2, 0.25) is 0 Å². The Bertz CT molecular complexity index is 356. The van der Waals surface area contributed by atoms with Crippen LogP contribution in [0.5, 0.6) is 0 Å². The average Bonchev–Trinajstić information content (AvgIpc) is 2.34. The van der Waals surface area contributed by atoms with Crippen LogP contribution in [0, 0.1) is 0 Å². The van der Waals surface area contributed by atoms with Gasteiger partial charge in [-0.05, 0) is 6.42 Å². The number of aliphatic carboxylic acids is 4. The molecule has 0 aliphatic rings. The molecule has 0 aromatic rings. The fourth-order valence-corrected chi connectivity index (χ4v) is 0.673. The molecule has 0 aliphatic carbocycles. The van der Waals surface area contributed by atoms with Gasteiger partial charge >= 0.3 is 23.9 Å². The number of carboxylic acid groups (broad SMARTS) is 4. The van der Waals surface area contributed by atoms with E-state index < -0.39 is 42.1 Å². The first-order valence-electron chi connectivity index (χ1n) is 5.02. The molecule has 3 atom stereocenters. The molecule has 0 fully saturated rings. The summed E-state index contributed by atoms with van der Waals surface area (Å²) in [7, 11) is 0. The van der Waals surface area contributed by atoms with E-state index in [1.807, 2.05) is 0 Å². The summed E-state index contributed by atoms with van der Waals surface area (Å²) in [5.41, 5.74) is 5.00. The predicted octanol–water partition coefficient (Wildman–Crippen LogP) is -2.86. The zero-order valence-corrected chi connectivity index (χ0v) is 13.0. The maximum Gasteiger partial charge on any atom is 0.335 e. The zero-order valence-electron chi connectivity index (χ0n) is 10.5. The zero-order chi connectivity index (χ0) is 16.5. The van der Waals surface area contributed by atoms with E-state index in [-0.39, 0.29) is 39.0 Å². The Hall–Kier alpha value is -1.36. The van der Waals surface area contributed by atoms with Crippen LogP contribution in [-0.4, -0.2) is 72.8 Å². The van der Waals surface area contributed by atoms with Gasteiger partial charge in [0.15, 0.2) is 12.2 Å². The van der Waals surface area contributed by atoms with Gasteiger partial charge in [-0.2, -0.15) is 0 Å². The monoisotopic (exact) mass is 387 g/mol. The van der Waals surface area contributed by atoms with Gasteiger partial charge in [-0.15, -0.1) is 0 Å². The van der Waals surface area contributed by atoms with E-state index in [1.54, 1.807) is 0 Å². The third kappa shape index (κ3) is 13.4. The fourth-order valence-electron chi connectivity index (χ4n) is 0.673. The van der Waals surface area contributed by atoms with Crippen LogP contribution in [0.15, 0.2) is 0 Å². The van der Waals surface area contributed by atoms with Gasteiger partial charge in [0.25, 0.3) is 0 Å². The van der Waals surface area contributed by atoms with Crippen LogP contribution in [0.4, 0.5) is 0 Å². The van der Waals surface area contributed by atoms with Gasteiger partial charge in [-0.3, -0.25) is 9.59 Å². The molecule has 0 amide bonds. The topological polar surface area (TPSA) is 216 Å². The van der Waals surface area contributed by atoms with Crippen molar-refractivity contribution in [2.75, 3.05) is 0 Å². The second kappa shape index (κ2) is 12.4. The minimum absolute atomic E-state index is 0. The van der Waals surface area contributed by atoms with Crippen molar-refractivity contribution in [1.82, 2.24) is 0 Å². The van der Waals surface area contributed by atoms with Crippen LogP contribution < -0.4 is 5.73 Å². The number of carboxylic acids is 4. The molecule has 0 rings (SSSR count). The van der Waals surface area contributed by atoms with Gasteiger partial charge in [-0.25, -0.2) is 9.59 Å². The normalized spacial score (nSPS) is 13.5. The van der Waals surface area contributed by atoms with Crippen molar-refractivity contribution in [3.8, 4) is 0 Å². The fraction of sp³-hybridized carbons (Fsp3) is 0.556. The predicted molar refractivity (Wildman–Crippen MR) is 59.8 cm³/mol. The van der Waals surface area contributed by atoms with E-state index in [1.165, 1.54) is 0 Å². The molecule has 0 aromatic heterocycles. The van der Waals surface area contributed by atoms with Crippen LogP contribution in [0.1, 0.15) is 12.8 Å².